The Balaban J connectivity index is 0.000000877. The summed E-state index contributed by atoms with van der Waals surface area (Å²) in [6.07, 6.45) is 8.06. The Morgan fingerprint density at radius 3 is 1.83 bits per heavy atom. The van der Waals surface area contributed by atoms with Gasteiger partial charge in [-0.3, -0.25) is 9.59 Å². The average Bonchev–Trinajstić information content (AvgIpc) is 2.89. The molecule has 0 aliphatic carbocycles. The second kappa shape index (κ2) is 20.9. The van der Waals surface area contributed by atoms with Crippen molar-refractivity contribution in [2.75, 3.05) is 19.5 Å². The number of rotatable bonds is 13. The van der Waals surface area contributed by atoms with Gasteiger partial charge in [0.05, 0.1) is 6.10 Å². The molecule has 0 aliphatic rings. The molecule has 1 N–H and O–H groups in total. The van der Waals surface area contributed by atoms with E-state index in [1.54, 1.807) is 14.0 Å². The van der Waals surface area contributed by atoms with E-state index in [9.17, 15) is 9.59 Å². The third kappa shape index (κ3) is 15.9. The van der Waals surface area contributed by atoms with Crippen LogP contribution in [0.3, 0.4) is 0 Å². The monoisotopic (exact) mass is 498 g/mol. The number of methoxy groups -OCH3 is 1. The largest absolute Gasteiger partial charge is 0.396 e. The Kier molecular flexibility index (Phi) is 19.4. The van der Waals surface area contributed by atoms with Gasteiger partial charge in [-0.2, -0.15) is 12.6 Å². The van der Waals surface area contributed by atoms with Crippen molar-refractivity contribution in [3.8, 4) is 11.1 Å². The SMILES string of the molecule is C=C(C)C=O.C=C(C=O)CS.CCCCCc1ccc(-c2ccc(CC(CCO)OC)cc2)cc1. The number of hydrogen-bond donors (Lipinski definition) is 2. The number of unbranched alkanes of at least 4 members (excludes halogenated alkanes) is 2. The van der Waals surface area contributed by atoms with Gasteiger partial charge in [0.25, 0.3) is 0 Å². The molecule has 0 fully saturated rings. The molecule has 4 nitrogen and oxygen atoms in total. The Morgan fingerprint density at radius 1 is 0.971 bits per heavy atom. The second-order valence-electron chi connectivity index (χ2n) is 8.32. The van der Waals surface area contributed by atoms with Crippen molar-refractivity contribution in [2.24, 2.45) is 0 Å². The zero-order valence-corrected chi connectivity index (χ0v) is 22.4. The van der Waals surface area contributed by atoms with Gasteiger partial charge in [-0.15, -0.1) is 0 Å². The third-order valence-corrected chi connectivity index (χ3v) is 5.54. The van der Waals surface area contributed by atoms with Crippen molar-refractivity contribution in [3.05, 3.63) is 84.0 Å². The maximum Gasteiger partial charge on any atom is 0.146 e. The van der Waals surface area contributed by atoms with Gasteiger partial charge in [-0.05, 0) is 66.0 Å². The highest BCUT2D eigenvalue weighted by atomic mass is 32.1. The lowest BCUT2D eigenvalue weighted by Crippen LogP contribution is -2.15. The molecule has 0 aromatic heterocycles. The minimum absolute atomic E-state index is 0.0863. The Morgan fingerprint density at radius 2 is 1.49 bits per heavy atom. The fraction of sp³-hybridized carbons (Fsp3) is 0.400. The minimum Gasteiger partial charge on any atom is -0.396 e. The molecule has 0 saturated heterocycles. The number of aliphatic hydroxyl groups excluding tert-OH is 1. The molecule has 0 bridgehead atoms. The molecule has 0 saturated carbocycles. The minimum atomic E-state index is 0.0863. The van der Waals surface area contributed by atoms with E-state index in [1.807, 2.05) is 0 Å². The van der Waals surface area contributed by atoms with Crippen molar-refractivity contribution in [2.45, 2.75) is 58.5 Å². The Hall–Kier alpha value is -2.47. The number of thiol groups is 1. The van der Waals surface area contributed by atoms with E-state index in [1.165, 1.54) is 47.9 Å². The first-order valence-electron chi connectivity index (χ1n) is 12.0. The summed E-state index contributed by atoms with van der Waals surface area (Å²) in [5, 5.41) is 9.05. The number of ether oxygens (including phenoxy) is 1. The van der Waals surface area contributed by atoms with Crippen LogP contribution in [-0.4, -0.2) is 43.3 Å². The summed E-state index contributed by atoms with van der Waals surface area (Å²) in [5.74, 6) is 0.462. The quantitative estimate of drug-likeness (QED) is 0.144. The maximum atomic E-state index is 9.59. The highest BCUT2D eigenvalue weighted by molar-refractivity contribution is 7.80. The second-order valence-corrected chi connectivity index (χ2v) is 8.64. The molecule has 0 heterocycles. The van der Waals surface area contributed by atoms with Gasteiger partial charge in [-0.1, -0.05) is 81.5 Å². The van der Waals surface area contributed by atoms with E-state index in [0.29, 0.717) is 29.6 Å². The molecule has 1 unspecified atom stereocenters. The molecule has 5 heteroatoms. The van der Waals surface area contributed by atoms with E-state index < -0.39 is 0 Å². The number of aliphatic hydroxyl groups is 1. The fourth-order valence-electron chi connectivity index (χ4n) is 3.02. The van der Waals surface area contributed by atoms with Crippen LogP contribution in [0.5, 0.6) is 0 Å². The first kappa shape index (κ1) is 32.5. The molecule has 0 aliphatic heterocycles. The first-order valence-corrected chi connectivity index (χ1v) is 12.6. The summed E-state index contributed by atoms with van der Waals surface area (Å²) in [5.41, 5.74) is 6.28. The summed E-state index contributed by atoms with van der Waals surface area (Å²) in [7, 11) is 1.71. The number of allylic oxidation sites excluding steroid dienone is 1. The molecule has 0 radical (unpaired) electrons. The average molecular weight is 499 g/mol. The van der Waals surface area contributed by atoms with Crippen molar-refractivity contribution in [1.29, 1.82) is 0 Å². The zero-order chi connectivity index (χ0) is 26.5. The van der Waals surface area contributed by atoms with E-state index in [0.717, 1.165) is 12.7 Å². The number of carbonyl (C=O) groups excluding carboxylic acids is 2. The first-order chi connectivity index (χ1) is 16.8. The summed E-state index contributed by atoms with van der Waals surface area (Å²) in [4.78, 5) is 19.0. The van der Waals surface area contributed by atoms with Crippen LogP contribution in [-0.2, 0) is 27.2 Å². The van der Waals surface area contributed by atoms with Crippen molar-refractivity contribution < 1.29 is 19.4 Å². The molecule has 35 heavy (non-hydrogen) atoms. The number of benzene rings is 2. The van der Waals surface area contributed by atoms with Gasteiger partial charge in [-0.25, -0.2) is 0 Å². The lowest BCUT2D eigenvalue weighted by molar-refractivity contribution is -0.105. The lowest BCUT2D eigenvalue weighted by atomic mass is 9.99. The van der Waals surface area contributed by atoms with E-state index in [4.69, 9.17) is 9.84 Å². The topological polar surface area (TPSA) is 63.6 Å². The lowest BCUT2D eigenvalue weighted by Gasteiger charge is -2.14. The van der Waals surface area contributed by atoms with Gasteiger partial charge in [0.15, 0.2) is 0 Å². The van der Waals surface area contributed by atoms with Crippen molar-refractivity contribution in [3.63, 3.8) is 0 Å². The maximum absolute atomic E-state index is 9.59. The van der Waals surface area contributed by atoms with Gasteiger partial charge >= 0.3 is 0 Å². The van der Waals surface area contributed by atoms with Crippen molar-refractivity contribution >= 4 is 25.2 Å². The van der Waals surface area contributed by atoms with Crippen LogP contribution >= 0.6 is 12.6 Å². The standard InChI is InChI=1S/C22H30O2.C4H6OS.C4H6O/c1-3-4-5-6-18-7-11-20(12-8-18)21-13-9-19(10-14-21)17-22(24-2)15-16-23;1-4(2-5)3-6;1-4(2)3-5/h7-14,22-23H,3-6,15-17H2,1-2H3;2,6H,1,3H2;3H,1H2,2H3. The van der Waals surface area contributed by atoms with Gasteiger partial charge < -0.3 is 9.84 Å². The van der Waals surface area contributed by atoms with Gasteiger partial charge in [0.2, 0.25) is 0 Å². The molecule has 192 valence electrons. The molecule has 2 aromatic rings. The zero-order valence-electron chi connectivity index (χ0n) is 21.5. The highest BCUT2D eigenvalue weighted by Crippen LogP contribution is 2.22. The highest BCUT2D eigenvalue weighted by Gasteiger charge is 2.08. The molecule has 2 aromatic carbocycles. The molecular weight excluding hydrogens is 456 g/mol. The van der Waals surface area contributed by atoms with E-state index in [2.05, 4.69) is 81.2 Å². The van der Waals surface area contributed by atoms with Crippen molar-refractivity contribution in [1.82, 2.24) is 0 Å². The van der Waals surface area contributed by atoms with E-state index in [-0.39, 0.29) is 12.7 Å². The van der Waals surface area contributed by atoms with Gasteiger partial charge in [0.1, 0.15) is 12.6 Å². The summed E-state index contributed by atoms with van der Waals surface area (Å²) < 4.78 is 5.40. The number of aldehydes is 2. The number of aryl methyl sites for hydroxylation is 1. The van der Waals surface area contributed by atoms with Crippen LogP contribution in [0.4, 0.5) is 0 Å². The van der Waals surface area contributed by atoms with Crippen LogP contribution in [0, 0.1) is 0 Å². The molecule has 0 spiro atoms. The molecule has 2 rings (SSSR count). The van der Waals surface area contributed by atoms with Gasteiger partial charge in [0, 0.05) is 19.5 Å². The Labute approximate surface area is 217 Å². The smallest absolute Gasteiger partial charge is 0.146 e. The van der Waals surface area contributed by atoms with Crippen LogP contribution in [0.2, 0.25) is 0 Å². The van der Waals surface area contributed by atoms with Crippen LogP contribution < -0.4 is 0 Å². The third-order valence-electron chi connectivity index (χ3n) is 5.13. The molecule has 0 amide bonds. The fourth-order valence-corrected chi connectivity index (χ4v) is 3.10. The van der Waals surface area contributed by atoms with Crippen LogP contribution in [0.15, 0.2) is 72.8 Å². The normalized spacial score (nSPS) is 10.7. The molecular formula is C30H42O4S. The summed E-state index contributed by atoms with van der Waals surface area (Å²) in [6, 6.07) is 17.6. The summed E-state index contributed by atoms with van der Waals surface area (Å²) >= 11 is 3.76. The van der Waals surface area contributed by atoms with Crippen LogP contribution in [0.1, 0.15) is 50.7 Å². The van der Waals surface area contributed by atoms with E-state index >= 15 is 0 Å². The summed E-state index contributed by atoms with van der Waals surface area (Å²) in [6.45, 7) is 10.7. The van der Waals surface area contributed by atoms with Crippen LogP contribution in [0.25, 0.3) is 11.1 Å². The Bertz CT molecular complexity index is 857. The number of hydrogen-bond acceptors (Lipinski definition) is 5. The molecule has 1 atom stereocenters. The predicted octanol–water partition coefficient (Wildman–Crippen LogP) is 6.46. The number of carbonyl (C=O) groups is 2. The predicted molar refractivity (Wildman–Crippen MR) is 151 cm³/mol.